The summed E-state index contributed by atoms with van der Waals surface area (Å²) in [5, 5.41) is 10.9. The van der Waals surface area contributed by atoms with Crippen LogP contribution >= 0.6 is 0 Å². The van der Waals surface area contributed by atoms with E-state index in [4.69, 9.17) is 10.5 Å². The summed E-state index contributed by atoms with van der Waals surface area (Å²) >= 11 is 0. The molecule has 1 aromatic heterocycles. The van der Waals surface area contributed by atoms with Gasteiger partial charge in [0.15, 0.2) is 0 Å². The highest BCUT2D eigenvalue weighted by Crippen LogP contribution is 2.46. The predicted molar refractivity (Wildman–Crippen MR) is 81.2 cm³/mol. The van der Waals surface area contributed by atoms with E-state index in [1.54, 1.807) is 13.2 Å². The van der Waals surface area contributed by atoms with Crippen molar-refractivity contribution in [2.24, 2.45) is 5.73 Å². The van der Waals surface area contributed by atoms with Crippen molar-refractivity contribution >= 4 is 0 Å². The van der Waals surface area contributed by atoms with Gasteiger partial charge in [-0.05, 0) is 30.0 Å². The molecule has 0 saturated heterocycles. The van der Waals surface area contributed by atoms with E-state index in [-0.39, 0.29) is 0 Å². The molecular formula is C17H20N2O2. The smallest absolute Gasteiger partial charge is 0.213 e. The van der Waals surface area contributed by atoms with Gasteiger partial charge in [-0.3, -0.25) is 0 Å². The SMILES string of the molecule is COc1cccc(C(O)C2(CN)CCc3ccccc32)n1. The highest BCUT2D eigenvalue weighted by atomic mass is 16.5. The lowest BCUT2D eigenvalue weighted by Gasteiger charge is -2.34. The summed E-state index contributed by atoms with van der Waals surface area (Å²) in [7, 11) is 1.57. The number of benzene rings is 1. The molecule has 4 nitrogen and oxygen atoms in total. The maximum Gasteiger partial charge on any atom is 0.213 e. The Morgan fingerprint density at radius 1 is 1.29 bits per heavy atom. The molecule has 0 fully saturated rings. The molecule has 110 valence electrons. The number of nitrogens with two attached hydrogens (primary N) is 1. The van der Waals surface area contributed by atoms with E-state index in [2.05, 4.69) is 17.1 Å². The van der Waals surface area contributed by atoms with Crippen LogP contribution in [0.2, 0.25) is 0 Å². The second-order valence-electron chi connectivity index (χ2n) is 5.52. The Hall–Kier alpha value is -1.91. The molecule has 0 aliphatic heterocycles. The number of aromatic nitrogens is 1. The van der Waals surface area contributed by atoms with Crippen LogP contribution in [-0.4, -0.2) is 23.7 Å². The number of fused-ring (bicyclic) bond motifs is 1. The van der Waals surface area contributed by atoms with Gasteiger partial charge in [0.05, 0.1) is 12.8 Å². The molecule has 0 spiro atoms. The Morgan fingerprint density at radius 3 is 2.86 bits per heavy atom. The van der Waals surface area contributed by atoms with E-state index >= 15 is 0 Å². The van der Waals surface area contributed by atoms with Crippen LogP contribution in [-0.2, 0) is 11.8 Å². The second-order valence-corrected chi connectivity index (χ2v) is 5.52. The van der Waals surface area contributed by atoms with Gasteiger partial charge in [-0.2, -0.15) is 0 Å². The average Bonchev–Trinajstić information content (AvgIpc) is 2.94. The van der Waals surface area contributed by atoms with Gasteiger partial charge in [-0.1, -0.05) is 30.3 Å². The first-order valence-electron chi connectivity index (χ1n) is 7.19. The number of nitrogens with zero attached hydrogens (tertiary/aromatic N) is 1. The van der Waals surface area contributed by atoms with Gasteiger partial charge in [0.1, 0.15) is 6.10 Å². The number of methoxy groups -OCH3 is 1. The minimum absolute atomic E-state index is 0.393. The molecule has 1 aliphatic carbocycles. The Labute approximate surface area is 124 Å². The minimum atomic E-state index is -0.735. The number of hydrogen-bond acceptors (Lipinski definition) is 4. The summed E-state index contributed by atoms with van der Waals surface area (Å²) in [6, 6.07) is 13.6. The van der Waals surface area contributed by atoms with Crippen molar-refractivity contribution in [1.82, 2.24) is 4.98 Å². The third-order valence-corrected chi connectivity index (χ3v) is 4.52. The molecule has 4 heteroatoms. The molecule has 0 radical (unpaired) electrons. The van der Waals surface area contributed by atoms with Gasteiger partial charge in [-0.25, -0.2) is 4.98 Å². The van der Waals surface area contributed by atoms with E-state index in [0.29, 0.717) is 18.1 Å². The van der Waals surface area contributed by atoms with Crippen LogP contribution in [0.25, 0.3) is 0 Å². The van der Waals surface area contributed by atoms with E-state index in [0.717, 1.165) is 18.4 Å². The van der Waals surface area contributed by atoms with Crippen LogP contribution < -0.4 is 10.5 Å². The molecule has 2 atom stereocenters. The average molecular weight is 284 g/mol. The molecule has 1 aliphatic rings. The number of ether oxygens (including phenoxy) is 1. The first-order valence-corrected chi connectivity index (χ1v) is 7.19. The van der Waals surface area contributed by atoms with Crippen LogP contribution in [0.5, 0.6) is 5.88 Å². The number of pyridine rings is 1. The largest absolute Gasteiger partial charge is 0.481 e. The summed E-state index contributed by atoms with van der Waals surface area (Å²) in [4.78, 5) is 4.37. The maximum atomic E-state index is 10.9. The third kappa shape index (κ3) is 2.20. The fourth-order valence-electron chi connectivity index (χ4n) is 3.30. The van der Waals surface area contributed by atoms with Crippen LogP contribution in [0.3, 0.4) is 0 Å². The molecule has 0 saturated carbocycles. The molecule has 1 heterocycles. The minimum Gasteiger partial charge on any atom is -0.481 e. The normalized spacial score (nSPS) is 21.9. The standard InChI is InChI=1S/C17H20N2O2/c1-21-15-8-4-7-14(19-15)16(20)17(11-18)10-9-12-5-2-3-6-13(12)17/h2-8,16,20H,9-11,18H2,1H3. The molecule has 0 bridgehead atoms. The predicted octanol–water partition coefficient (Wildman–Crippen LogP) is 1.97. The summed E-state index contributed by atoms with van der Waals surface area (Å²) in [5.74, 6) is 0.505. The number of aliphatic hydroxyl groups is 1. The monoisotopic (exact) mass is 284 g/mol. The zero-order valence-corrected chi connectivity index (χ0v) is 12.1. The van der Waals surface area contributed by atoms with Crippen molar-refractivity contribution in [1.29, 1.82) is 0 Å². The quantitative estimate of drug-likeness (QED) is 0.900. The van der Waals surface area contributed by atoms with Crippen LogP contribution in [0, 0.1) is 0 Å². The van der Waals surface area contributed by atoms with Gasteiger partial charge in [0.2, 0.25) is 5.88 Å². The van der Waals surface area contributed by atoms with Crippen molar-refractivity contribution < 1.29 is 9.84 Å². The lowest BCUT2D eigenvalue weighted by molar-refractivity contribution is 0.0796. The zero-order chi connectivity index (χ0) is 14.9. The highest BCUT2D eigenvalue weighted by Gasteiger charge is 2.44. The van der Waals surface area contributed by atoms with Crippen molar-refractivity contribution in [2.45, 2.75) is 24.4 Å². The van der Waals surface area contributed by atoms with Crippen LogP contribution in [0.1, 0.15) is 29.3 Å². The molecule has 1 aromatic carbocycles. The fourth-order valence-corrected chi connectivity index (χ4v) is 3.30. The Morgan fingerprint density at radius 2 is 2.10 bits per heavy atom. The van der Waals surface area contributed by atoms with Crippen molar-refractivity contribution in [3.8, 4) is 5.88 Å². The third-order valence-electron chi connectivity index (χ3n) is 4.52. The summed E-state index contributed by atoms with van der Waals surface area (Å²) in [5.41, 5.74) is 8.63. The topological polar surface area (TPSA) is 68.4 Å². The molecule has 2 unspecified atom stereocenters. The van der Waals surface area contributed by atoms with E-state index in [9.17, 15) is 5.11 Å². The molecule has 21 heavy (non-hydrogen) atoms. The summed E-state index contributed by atoms with van der Waals surface area (Å²) in [6.07, 6.45) is 1.04. The van der Waals surface area contributed by atoms with Crippen molar-refractivity contribution in [2.75, 3.05) is 13.7 Å². The molecule has 0 amide bonds. The molecular weight excluding hydrogens is 264 g/mol. The Kier molecular flexibility index (Phi) is 3.66. The maximum absolute atomic E-state index is 10.9. The molecule has 3 N–H and O–H groups in total. The van der Waals surface area contributed by atoms with E-state index in [1.807, 2.05) is 24.3 Å². The Balaban J connectivity index is 2.04. The van der Waals surface area contributed by atoms with Crippen molar-refractivity contribution in [3.63, 3.8) is 0 Å². The lowest BCUT2D eigenvalue weighted by atomic mass is 9.75. The molecule has 3 rings (SSSR count). The number of rotatable bonds is 4. The number of aliphatic hydroxyl groups excluding tert-OH is 1. The summed E-state index contributed by atoms with van der Waals surface area (Å²) < 4.78 is 5.15. The van der Waals surface area contributed by atoms with E-state index < -0.39 is 11.5 Å². The van der Waals surface area contributed by atoms with Crippen LogP contribution in [0.15, 0.2) is 42.5 Å². The van der Waals surface area contributed by atoms with Gasteiger partial charge in [0.25, 0.3) is 0 Å². The highest BCUT2D eigenvalue weighted by molar-refractivity contribution is 5.42. The number of hydrogen-bond donors (Lipinski definition) is 2. The Bertz CT molecular complexity index is 644. The fraction of sp³-hybridized carbons (Fsp3) is 0.353. The first-order chi connectivity index (χ1) is 10.2. The van der Waals surface area contributed by atoms with Crippen LogP contribution in [0.4, 0.5) is 0 Å². The second kappa shape index (κ2) is 5.47. The summed E-state index contributed by atoms with van der Waals surface area (Å²) in [6.45, 7) is 0.393. The number of aryl methyl sites for hydroxylation is 1. The van der Waals surface area contributed by atoms with E-state index in [1.165, 1.54) is 5.56 Å². The van der Waals surface area contributed by atoms with Gasteiger partial charge in [0, 0.05) is 18.0 Å². The van der Waals surface area contributed by atoms with Gasteiger partial charge in [-0.15, -0.1) is 0 Å². The lowest BCUT2D eigenvalue weighted by Crippen LogP contribution is -2.39. The first kappa shape index (κ1) is 14.0. The van der Waals surface area contributed by atoms with Gasteiger partial charge >= 0.3 is 0 Å². The molecule has 2 aromatic rings. The van der Waals surface area contributed by atoms with Gasteiger partial charge < -0.3 is 15.6 Å². The zero-order valence-electron chi connectivity index (χ0n) is 12.1. The van der Waals surface area contributed by atoms with Crippen molar-refractivity contribution in [3.05, 3.63) is 59.3 Å².